The van der Waals surface area contributed by atoms with Crippen LogP contribution in [0, 0.1) is 5.92 Å². The van der Waals surface area contributed by atoms with E-state index in [1.165, 1.54) is 12.8 Å². The third kappa shape index (κ3) is 7.50. The van der Waals surface area contributed by atoms with Crippen LogP contribution in [0.1, 0.15) is 62.5 Å². The first-order valence-electron chi connectivity index (χ1n) is 17.9. The van der Waals surface area contributed by atoms with Gasteiger partial charge in [0.25, 0.3) is 0 Å². The molecule has 3 amide bonds. The number of rotatable bonds is 17. The first-order chi connectivity index (χ1) is 25.2. The molecule has 1 aromatic carbocycles. The minimum absolute atomic E-state index is 0.0443. The van der Waals surface area contributed by atoms with Gasteiger partial charge in [-0.3, -0.25) is 33.7 Å². The van der Waals surface area contributed by atoms with Crippen molar-refractivity contribution in [2.45, 2.75) is 104 Å². The van der Waals surface area contributed by atoms with Crippen LogP contribution < -0.4 is 26.4 Å². The molecular formula is C35H47N5O12S. The Morgan fingerprint density at radius 2 is 1.87 bits per heavy atom. The van der Waals surface area contributed by atoms with Gasteiger partial charge in [0.05, 0.1) is 35.8 Å². The number of carboxylic acid groups (broad SMARTS) is 2. The summed E-state index contributed by atoms with van der Waals surface area (Å²) in [6, 6.07) is 0.0157. The van der Waals surface area contributed by atoms with Gasteiger partial charge in [0.15, 0.2) is 11.5 Å². The van der Waals surface area contributed by atoms with Gasteiger partial charge >= 0.3 is 17.9 Å². The van der Waals surface area contributed by atoms with Crippen molar-refractivity contribution in [3.05, 3.63) is 23.3 Å². The molecule has 5 aliphatic rings. The second-order valence-electron chi connectivity index (χ2n) is 14.8. The lowest BCUT2D eigenvalue weighted by atomic mass is 9.48. The molecule has 1 spiro atoms. The zero-order chi connectivity index (χ0) is 38.2. The monoisotopic (exact) mass is 761 g/mol. The SMILES string of the molecule is COC(=O)CC(SC[C@H](NC(=O)CC[C@H](N)C(=O)O)C(=O)NCC(=O)O)C(=O)N[C@@H]1CC[C@@]2(O)[C@H]3Cc4ccc(O)c5c4[C@@]2(CCN3CC2CC2)[C@H]1O5. The average Bonchev–Trinajstić information content (AvgIpc) is 3.86. The number of esters is 1. The van der Waals surface area contributed by atoms with Crippen LogP contribution in [0.5, 0.6) is 11.5 Å². The van der Waals surface area contributed by atoms with Crippen molar-refractivity contribution in [2.75, 3.05) is 32.5 Å². The molecule has 18 heteroatoms. The molecule has 2 heterocycles. The molecule has 3 fully saturated rings. The van der Waals surface area contributed by atoms with E-state index in [1.54, 1.807) is 6.07 Å². The molecule has 1 saturated heterocycles. The minimum Gasteiger partial charge on any atom is -0.504 e. The molecule has 1 aromatic rings. The Bertz CT molecular complexity index is 1660. The maximum absolute atomic E-state index is 14.1. The quantitative estimate of drug-likeness (QED) is 0.0884. The van der Waals surface area contributed by atoms with Crippen LogP contribution in [-0.4, -0.2) is 135 Å². The van der Waals surface area contributed by atoms with Gasteiger partial charge in [-0.2, -0.15) is 0 Å². The van der Waals surface area contributed by atoms with E-state index in [0.717, 1.165) is 43.1 Å². The molecular weight excluding hydrogens is 714 g/mol. The van der Waals surface area contributed by atoms with Crippen molar-refractivity contribution in [1.29, 1.82) is 0 Å². The van der Waals surface area contributed by atoms with E-state index < -0.39 is 89.1 Å². The highest BCUT2D eigenvalue weighted by molar-refractivity contribution is 8.00. The molecule has 290 valence electrons. The van der Waals surface area contributed by atoms with Crippen LogP contribution in [0.25, 0.3) is 0 Å². The Morgan fingerprint density at radius 1 is 1.11 bits per heavy atom. The number of thioether (sulfide) groups is 1. The Labute approximate surface area is 309 Å². The van der Waals surface area contributed by atoms with Gasteiger partial charge in [-0.15, -0.1) is 11.8 Å². The summed E-state index contributed by atoms with van der Waals surface area (Å²) < 4.78 is 11.4. The number of aromatic hydroxyl groups is 1. The molecule has 1 unspecified atom stereocenters. The van der Waals surface area contributed by atoms with E-state index in [2.05, 4.69) is 20.9 Å². The smallest absolute Gasteiger partial charge is 0.322 e. The molecule has 0 radical (unpaired) electrons. The summed E-state index contributed by atoms with van der Waals surface area (Å²) in [4.78, 5) is 76.9. The molecule has 8 atom stereocenters. The second-order valence-corrected chi connectivity index (χ2v) is 16.0. The highest BCUT2D eigenvalue weighted by atomic mass is 32.2. The number of benzene rings is 1. The number of carbonyl (C=O) groups is 6. The number of carboxylic acids is 2. The van der Waals surface area contributed by atoms with Gasteiger partial charge in [-0.25, -0.2) is 0 Å². The number of amides is 3. The number of aliphatic carboxylic acids is 2. The van der Waals surface area contributed by atoms with Crippen molar-refractivity contribution >= 4 is 47.4 Å². The maximum atomic E-state index is 14.1. The fourth-order valence-electron chi connectivity index (χ4n) is 8.72. The predicted molar refractivity (Wildman–Crippen MR) is 187 cm³/mol. The molecule has 0 aromatic heterocycles. The Morgan fingerprint density at radius 3 is 2.55 bits per heavy atom. The van der Waals surface area contributed by atoms with Crippen molar-refractivity contribution in [1.82, 2.24) is 20.9 Å². The molecule has 17 nitrogen and oxygen atoms in total. The number of methoxy groups -OCH3 is 1. The van der Waals surface area contributed by atoms with Gasteiger partial charge in [0, 0.05) is 30.3 Å². The van der Waals surface area contributed by atoms with Crippen LogP contribution in [0.2, 0.25) is 0 Å². The highest BCUT2D eigenvalue weighted by Crippen LogP contribution is 2.65. The Hall–Kier alpha value is -4.13. The molecule has 6 rings (SSSR count). The maximum Gasteiger partial charge on any atom is 0.322 e. The minimum atomic E-state index is -1.36. The third-order valence-electron chi connectivity index (χ3n) is 11.5. The topological polar surface area (TPSA) is 267 Å². The van der Waals surface area contributed by atoms with Gasteiger partial charge in [0.2, 0.25) is 17.7 Å². The molecule has 2 bridgehead atoms. The predicted octanol–water partition coefficient (Wildman–Crippen LogP) is -1.02. The number of piperidine rings is 1. The second kappa shape index (κ2) is 15.3. The summed E-state index contributed by atoms with van der Waals surface area (Å²) in [5, 5.41) is 48.3. The molecule has 9 N–H and O–H groups in total. The van der Waals surface area contributed by atoms with E-state index >= 15 is 0 Å². The lowest BCUT2D eigenvalue weighted by molar-refractivity contribution is -0.192. The van der Waals surface area contributed by atoms with E-state index in [1.807, 2.05) is 6.07 Å². The Kier molecular flexibility index (Phi) is 11.1. The molecule has 53 heavy (non-hydrogen) atoms. The number of hydrogen-bond donors (Lipinski definition) is 8. The number of ether oxygens (including phenoxy) is 2. The van der Waals surface area contributed by atoms with Crippen LogP contribution in [0.15, 0.2) is 12.1 Å². The lowest BCUT2D eigenvalue weighted by Crippen LogP contribution is -2.78. The molecule has 3 aliphatic carbocycles. The molecule has 2 saturated carbocycles. The zero-order valence-electron chi connectivity index (χ0n) is 29.4. The zero-order valence-corrected chi connectivity index (χ0v) is 30.2. The number of nitrogens with zero attached hydrogens (tertiary/aromatic N) is 1. The van der Waals surface area contributed by atoms with E-state index in [4.69, 9.17) is 25.4 Å². The van der Waals surface area contributed by atoms with Crippen molar-refractivity contribution in [2.24, 2.45) is 11.7 Å². The van der Waals surface area contributed by atoms with Gasteiger partial charge in [0.1, 0.15) is 24.7 Å². The number of carbonyl (C=O) groups excluding carboxylic acids is 4. The number of likely N-dealkylation sites (tertiary alicyclic amines) is 1. The number of nitrogens with one attached hydrogen (secondary N) is 3. The summed E-state index contributed by atoms with van der Waals surface area (Å²) in [5.41, 5.74) is 5.21. The largest absolute Gasteiger partial charge is 0.504 e. The van der Waals surface area contributed by atoms with Crippen molar-refractivity contribution in [3.8, 4) is 11.5 Å². The van der Waals surface area contributed by atoms with Crippen LogP contribution in [0.4, 0.5) is 0 Å². The highest BCUT2D eigenvalue weighted by Gasteiger charge is 2.73. The number of nitrogens with two attached hydrogens (primary N) is 1. The standard InChI is InChI=1S/C35H47N5O12S/c1-51-27(45)13-23(53-16-21(31(46)37-14-26(43)44)38-25(42)7-5-19(36)33(48)49)32(47)39-20-8-9-35(50)24-12-18-4-6-22(41)29-28(18)34(35,30(20)52-29)10-11-40(24)15-17-2-3-17/h4,6,17,19-21,23-24,30,41,50H,2-3,5,7-16,36H2,1H3,(H,37,46)(H,38,42)(H,39,47)(H,43,44)(H,48,49)/t19-,20+,21-,23?,24+,30-,34-,35+/m0/s1. The van der Waals surface area contributed by atoms with Crippen LogP contribution in [-0.2, 0) is 45.3 Å². The number of phenols is 1. The van der Waals surface area contributed by atoms with Crippen molar-refractivity contribution < 1.29 is 58.7 Å². The summed E-state index contributed by atoms with van der Waals surface area (Å²) in [6.07, 6.45) is 2.51. The number of hydrogen-bond acceptors (Lipinski definition) is 13. The van der Waals surface area contributed by atoms with Crippen molar-refractivity contribution in [3.63, 3.8) is 0 Å². The van der Waals surface area contributed by atoms with Gasteiger partial charge < -0.3 is 51.6 Å². The van der Waals surface area contributed by atoms with Gasteiger partial charge in [-0.1, -0.05) is 6.07 Å². The first kappa shape index (κ1) is 38.6. The van der Waals surface area contributed by atoms with E-state index in [9.17, 15) is 39.0 Å². The summed E-state index contributed by atoms with van der Waals surface area (Å²) in [5.74, 6) is -4.92. The number of phenolic OH excluding ortho intramolecular Hbond substituents is 1. The fourth-order valence-corrected chi connectivity index (χ4v) is 9.86. The summed E-state index contributed by atoms with van der Waals surface area (Å²) in [6.45, 7) is 0.883. The lowest BCUT2D eigenvalue weighted by Gasteiger charge is -2.64. The Balaban J connectivity index is 1.20. The summed E-state index contributed by atoms with van der Waals surface area (Å²) in [7, 11) is 1.16. The number of aliphatic hydroxyl groups is 1. The third-order valence-corrected chi connectivity index (χ3v) is 12.8. The van der Waals surface area contributed by atoms with Gasteiger partial charge in [-0.05, 0) is 69.0 Å². The van der Waals surface area contributed by atoms with Crippen LogP contribution >= 0.6 is 11.8 Å². The van der Waals surface area contributed by atoms with E-state index in [0.29, 0.717) is 37.4 Å². The van der Waals surface area contributed by atoms with E-state index in [-0.39, 0.29) is 30.4 Å². The molecule has 2 aliphatic heterocycles. The summed E-state index contributed by atoms with van der Waals surface area (Å²) >= 11 is 0.869. The first-order valence-corrected chi connectivity index (χ1v) is 19.0. The normalized spacial score (nSPS) is 28.3. The van der Waals surface area contributed by atoms with Crippen LogP contribution in [0.3, 0.4) is 0 Å². The average molecular weight is 762 g/mol. The fraction of sp³-hybridized carbons (Fsp3) is 0.657.